The van der Waals surface area contributed by atoms with Gasteiger partial charge in [0.25, 0.3) is 0 Å². The van der Waals surface area contributed by atoms with E-state index in [1.54, 1.807) is 0 Å². The SMILES string of the molecule is Cc1cccc(NC(=O)NCCC2CCN(C(=O)NC3CCCCC3)CC2)c1. The molecule has 0 spiro atoms. The number of nitrogens with zero attached hydrogens (tertiary/aromatic N) is 1. The highest BCUT2D eigenvalue weighted by Crippen LogP contribution is 2.21. The fourth-order valence-electron chi connectivity index (χ4n) is 4.23. The number of benzene rings is 1. The van der Waals surface area contributed by atoms with E-state index >= 15 is 0 Å². The average Bonchev–Trinajstić information content (AvgIpc) is 2.69. The van der Waals surface area contributed by atoms with Crippen molar-refractivity contribution < 1.29 is 9.59 Å². The number of piperidine rings is 1. The summed E-state index contributed by atoms with van der Waals surface area (Å²) in [5.41, 5.74) is 1.94. The fraction of sp³-hybridized carbons (Fsp3) is 0.636. The van der Waals surface area contributed by atoms with Crippen LogP contribution in [0.15, 0.2) is 24.3 Å². The maximum Gasteiger partial charge on any atom is 0.319 e. The zero-order valence-corrected chi connectivity index (χ0v) is 17.0. The van der Waals surface area contributed by atoms with Gasteiger partial charge in [0, 0.05) is 31.4 Å². The highest BCUT2D eigenvalue weighted by Gasteiger charge is 2.24. The summed E-state index contributed by atoms with van der Waals surface area (Å²) in [6.45, 7) is 4.30. The molecule has 3 N–H and O–H groups in total. The van der Waals surface area contributed by atoms with Crippen LogP contribution in [0.2, 0.25) is 0 Å². The molecule has 28 heavy (non-hydrogen) atoms. The van der Waals surface area contributed by atoms with Crippen molar-refractivity contribution in [3.05, 3.63) is 29.8 Å². The van der Waals surface area contributed by atoms with Crippen LogP contribution in [0.25, 0.3) is 0 Å². The Bertz CT molecular complexity index is 650. The van der Waals surface area contributed by atoms with Crippen LogP contribution in [0, 0.1) is 12.8 Å². The van der Waals surface area contributed by atoms with Crippen LogP contribution in [-0.4, -0.2) is 42.6 Å². The van der Waals surface area contributed by atoms with Gasteiger partial charge in [0.15, 0.2) is 0 Å². The molecule has 2 fully saturated rings. The number of rotatable bonds is 5. The van der Waals surface area contributed by atoms with E-state index in [4.69, 9.17) is 0 Å². The number of amides is 4. The Hall–Kier alpha value is -2.24. The van der Waals surface area contributed by atoms with Gasteiger partial charge in [-0.2, -0.15) is 0 Å². The molecule has 0 unspecified atom stereocenters. The summed E-state index contributed by atoms with van der Waals surface area (Å²) in [5.74, 6) is 0.568. The van der Waals surface area contributed by atoms with Gasteiger partial charge >= 0.3 is 12.1 Å². The van der Waals surface area contributed by atoms with E-state index in [0.717, 1.165) is 56.4 Å². The van der Waals surface area contributed by atoms with Crippen LogP contribution in [-0.2, 0) is 0 Å². The molecule has 1 aliphatic heterocycles. The van der Waals surface area contributed by atoms with E-state index in [-0.39, 0.29) is 12.1 Å². The minimum absolute atomic E-state index is 0.112. The molecule has 0 radical (unpaired) electrons. The molecule has 0 atom stereocenters. The number of anilines is 1. The van der Waals surface area contributed by atoms with Crippen molar-refractivity contribution in [1.82, 2.24) is 15.5 Å². The predicted octanol–water partition coefficient (Wildman–Crippen LogP) is 4.26. The minimum Gasteiger partial charge on any atom is -0.338 e. The van der Waals surface area contributed by atoms with Crippen LogP contribution in [0.1, 0.15) is 56.9 Å². The molecule has 0 aromatic heterocycles. The van der Waals surface area contributed by atoms with Gasteiger partial charge in [-0.1, -0.05) is 31.4 Å². The molecule has 3 rings (SSSR count). The number of urea groups is 2. The molecular weight excluding hydrogens is 352 g/mol. The number of carbonyl (C=O) groups excluding carboxylic acids is 2. The van der Waals surface area contributed by atoms with Gasteiger partial charge < -0.3 is 20.9 Å². The average molecular weight is 387 g/mol. The van der Waals surface area contributed by atoms with Crippen LogP contribution in [0.5, 0.6) is 0 Å². The van der Waals surface area contributed by atoms with Crippen molar-refractivity contribution in [2.75, 3.05) is 25.0 Å². The molecule has 4 amide bonds. The van der Waals surface area contributed by atoms with Gasteiger partial charge in [0.1, 0.15) is 0 Å². The third kappa shape index (κ3) is 6.43. The first-order chi connectivity index (χ1) is 13.6. The van der Waals surface area contributed by atoms with Crippen LogP contribution >= 0.6 is 0 Å². The van der Waals surface area contributed by atoms with E-state index in [9.17, 15) is 9.59 Å². The van der Waals surface area contributed by atoms with Gasteiger partial charge in [-0.15, -0.1) is 0 Å². The third-order valence-corrected chi connectivity index (χ3v) is 5.95. The van der Waals surface area contributed by atoms with Gasteiger partial charge in [-0.3, -0.25) is 0 Å². The molecule has 1 saturated heterocycles. The first-order valence-electron chi connectivity index (χ1n) is 10.8. The van der Waals surface area contributed by atoms with Crippen molar-refractivity contribution in [3.8, 4) is 0 Å². The van der Waals surface area contributed by atoms with E-state index in [1.165, 1.54) is 19.3 Å². The zero-order chi connectivity index (χ0) is 19.8. The van der Waals surface area contributed by atoms with Crippen molar-refractivity contribution in [2.24, 2.45) is 5.92 Å². The number of likely N-dealkylation sites (tertiary alicyclic amines) is 1. The van der Waals surface area contributed by atoms with E-state index < -0.39 is 0 Å². The molecule has 1 saturated carbocycles. The summed E-state index contributed by atoms with van der Waals surface area (Å²) in [4.78, 5) is 26.4. The molecule has 1 aromatic rings. The summed E-state index contributed by atoms with van der Waals surface area (Å²) in [6.07, 6.45) is 9.00. The van der Waals surface area contributed by atoms with Gasteiger partial charge in [-0.05, 0) is 62.6 Å². The molecular formula is C22H34N4O2. The lowest BCUT2D eigenvalue weighted by molar-refractivity contribution is 0.162. The lowest BCUT2D eigenvalue weighted by Crippen LogP contribution is -2.48. The summed E-state index contributed by atoms with van der Waals surface area (Å²) in [5, 5.41) is 9.02. The normalized spacial score (nSPS) is 18.5. The second-order valence-electron chi connectivity index (χ2n) is 8.25. The molecule has 0 bridgehead atoms. The Balaban J connectivity index is 1.30. The number of hydrogen-bond acceptors (Lipinski definition) is 2. The standard InChI is InChI=1S/C22H34N4O2/c1-17-6-5-9-20(16-17)24-21(27)23-13-10-18-11-14-26(15-12-18)22(28)25-19-7-3-2-4-8-19/h5-6,9,16,18-19H,2-4,7-8,10-15H2,1H3,(H,25,28)(H2,23,24,27). The summed E-state index contributed by atoms with van der Waals surface area (Å²) >= 11 is 0. The third-order valence-electron chi connectivity index (χ3n) is 5.95. The molecule has 6 heteroatoms. The van der Waals surface area contributed by atoms with Crippen LogP contribution < -0.4 is 16.0 Å². The van der Waals surface area contributed by atoms with Gasteiger partial charge in [0.05, 0.1) is 0 Å². The highest BCUT2D eigenvalue weighted by atomic mass is 16.2. The van der Waals surface area contributed by atoms with E-state index in [2.05, 4.69) is 16.0 Å². The molecule has 1 aromatic carbocycles. The van der Waals surface area contributed by atoms with E-state index in [1.807, 2.05) is 36.1 Å². The number of nitrogens with one attached hydrogen (secondary N) is 3. The summed E-state index contributed by atoms with van der Waals surface area (Å²) in [7, 11) is 0. The molecule has 6 nitrogen and oxygen atoms in total. The maximum atomic E-state index is 12.4. The Kier molecular flexibility index (Phi) is 7.57. The summed E-state index contributed by atoms with van der Waals surface area (Å²) in [6, 6.07) is 8.11. The number of aryl methyl sites for hydroxylation is 1. The van der Waals surface area contributed by atoms with Crippen LogP contribution in [0.4, 0.5) is 15.3 Å². The van der Waals surface area contributed by atoms with Crippen molar-refractivity contribution in [3.63, 3.8) is 0 Å². The molecule has 1 aliphatic carbocycles. The topological polar surface area (TPSA) is 73.5 Å². The van der Waals surface area contributed by atoms with Crippen LogP contribution in [0.3, 0.4) is 0 Å². The van der Waals surface area contributed by atoms with Gasteiger partial charge in [-0.25, -0.2) is 9.59 Å². The largest absolute Gasteiger partial charge is 0.338 e. The lowest BCUT2D eigenvalue weighted by Gasteiger charge is -2.34. The fourth-order valence-corrected chi connectivity index (χ4v) is 4.23. The monoisotopic (exact) mass is 386 g/mol. The number of hydrogen-bond donors (Lipinski definition) is 3. The molecule has 154 valence electrons. The highest BCUT2D eigenvalue weighted by molar-refractivity contribution is 5.89. The lowest BCUT2D eigenvalue weighted by atomic mass is 9.93. The Morgan fingerprint density at radius 1 is 1.07 bits per heavy atom. The first-order valence-corrected chi connectivity index (χ1v) is 10.8. The Morgan fingerprint density at radius 2 is 1.82 bits per heavy atom. The Labute approximate surface area is 168 Å². The maximum absolute atomic E-state index is 12.4. The minimum atomic E-state index is -0.158. The van der Waals surface area contributed by atoms with Gasteiger partial charge in [0.2, 0.25) is 0 Å². The number of carbonyl (C=O) groups is 2. The quantitative estimate of drug-likeness (QED) is 0.707. The predicted molar refractivity (Wildman–Crippen MR) is 113 cm³/mol. The first kappa shape index (κ1) is 20.5. The molecule has 1 heterocycles. The second-order valence-corrected chi connectivity index (χ2v) is 8.25. The Morgan fingerprint density at radius 3 is 2.54 bits per heavy atom. The summed E-state index contributed by atoms with van der Waals surface area (Å²) < 4.78 is 0. The van der Waals surface area contributed by atoms with Crippen molar-refractivity contribution in [1.29, 1.82) is 0 Å². The zero-order valence-electron chi connectivity index (χ0n) is 17.0. The van der Waals surface area contributed by atoms with E-state index in [0.29, 0.717) is 18.5 Å². The smallest absolute Gasteiger partial charge is 0.319 e. The van der Waals surface area contributed by atoms with Crippen molar-refractivity contribution >= 4 is 17.7 Å². The van der Waals surface area contributed by atoms with Crippen molar-refractivity contribution in [2.45, 2.75) is 64.3 Å². The molecule has 2 aliphatic rings. The second kappa shape index (κ2) is 10.3.